The molecule has 4 nitrogen and oxygen atoms in total. The summed E-state index contributed by atoms with van der Waals surface area (Å²) in [5, 5.41) is 12.1. The van der Waals surface area contributed by atoms with Crippen molar-refractivity contribution in [1.82, 2.24) is 10.2 Å². The van der Waals surface area contributed by atoms with Crippen LogP contribution < -0.4 is 5.32 Å². The molecule has 0 amide bonds. The first-order chi connectivity index (χ1) is 9.08. The second-order valence-corrected chi connectivity index (χ2v) is 5.95. The van der Waals surface area contributed by atoms with Gasteiger partial charge >= 0.3 is 5.97 Å². The summed E-state index contributed by atoms with van der Waals surface area (Å²) in [6.45, 7) is 5.34. The molecule has 0 radical (unpaired) electrons. The van der Waals surface area contributed by atoms with Crippen molar-refractivity contribution < 1.29 is 9.90 Å². The summed E-state index contributed by atoms with van der Waals surface area (Å²) < 4.78 is 0. The van der Waals surface area contributed by atoms with E-state index in [0.717, 1.165) is 19.4 Å². The van der Waals surface area contributed by atoms with Crippen molar-refractivity contribution in [3.8, 4) is 0 Å². The van der Waals surface area contributed by atoms with E-state index in [1.165, 1.54) is 45.2 Å². The molecule has 1 fully saturated rings. The minimum absolute atomic E-state index is 0.701. The summed E-state index contributed by atoms with van der Waals surface area (Å²) in [7, 11) is 1.73. The summed E-state index contributed by atoms with van der Waals surface area (Å²) in [6, 6.07) is 0. The van der Waals surface area contributed by atoms with Crippen molar-refractivity contribution in [2.24, 2.45) is 0 Å². The fourth-order valence-electron chi connectivity index (χ4n) is 2.69. The van der Waals surface area contributed by atoms with Crippen molar-refractivity contribution >= 4 is 5.97 Å². The molecule has 1 aliphatic heterocycles. The number of nitrogens with one attached hydrogen (secondary N) is 1. The first-order valence-electron chi connectivity index (χ1n) is 7.73. The maximum Gasteiger partial charge on any atom is 0.323 e. The Hall–Kier alpha value is -0.610. The second-order valence-electron chi connectivity index (χ2n) is 5.95. The van der Waals surface area contributed by atoms with E-state index in [9.17, 15) is 9.90 Å². The molecule has 2 N–H and O–H groups in total. The van der Waals surface area contributed by atoms with Gasteiger partial charge in [0.05, 0.1) is 0 Å². The molecule has 0 aliphatic carbocycles. The second kappa shape index (κ2) is 8.54. The Morgan fingerprint density at radius 2 is 1.74 bits per heavy atom. The van der Waals surface area contributed by atoms with Gasteiger partial charge in [0.2, 0.25) is 0 Å². The highest BCUT2D eigenvalue weighted by molar-refractivity contribution is 5.78. The standard InChI is InChI=1S/C15H30N2O2/c1-15(16-2,14(18)19)10-6-9-13-17-11-7-4-3-5-8-12-17/h16H,3-13H2,1-2H3,(H,18,19). The van der Waals surface area contributed by atoms with Crippen LogP contribution in [0.4, 0.5) is 0 Å². The molecule has 0 aromatic carbocycles. The number of hydrogen-bond donors (Lipinski definition) is 2. The average Bonchev–Trinajstić information content (AvgIpc) is 2.35. The molecule has 4 heteroatoms. The van der Waals surface area contributed by atoms with E-state index in [-0.39, 0.29) is 0 Å². The lowest BCUT2D eigenvalue weighted by Crippen LogP contribution is -2.47. The van der Waals surface area contributed by atoms with Crippen molar-refractivity contribution in [1.29, 1.82) is 0 Å². The van der Waals surface area contributed by atoms with Crippen LogP contribution in [-0.4, -0.2) is 48.2 Å². The van der Waals surface area contributed by atoms with Gasteiger partial charge in [0.25, 0.3) is 0 Å². The van der Waals surface area contributed by atoms with Crippen LogP contribution in [0, 0.1) is 0 Å². The first-order valence-corrected chi connectivity index (χ1v) is 7.73. The zero-order valence-electron chi connectivity index (χ0n) is 12.6. The monoisotopic (exact) mass is 270 g/mol. The van der Waals surface area contributed by atoms with Gasteiger partial charge in [-0.3, -0.25) is 4.79 Å². The average molecular weight is 270 g/mol. The molecule has 112 valence electrons. The normalized spacial score (nSPS) is 21.4. The molecular weight excluding hydrogens is 240 g/mol. The maximum atomic E-state index is 11.2. The number of carbonyl (C=O) groups is 1. The van der Waals surface area contributed by atoms with Crippen LogP contribution in [0.3, 0.4) is 0 Å². The molecule has 1 atom stereocenters. The van der Waals surface area contributed by atoms with Crippen molar-refractivity contribution in [2.75, 3.05) is 26.7 Å². The van der Waals surface area contributed by atoms with Gasteiger partial charge < -0.3 is 15.3 Å². The summed E-state index contributed by atoms with van der Waals surface area (Å²) in [5.74, 6) is -0.749. The highest BCUT2D eigenvalue weighted by Crippen LogP contribution is 2.15. The number of likely N-dealkylation sites (tertiary alicyclic amines) is 1. The van der Waals surface area contributed by atoms with Crippen LogP contribution in [0.2, 0.25) is 0 Å². The topological polar surface area (TPSA) is 52.6 Å². The molecule has 1 unspecified atom stereocenters. The van der Waals surface area contributed by atoms with E-state index < -0.39 is 11.5 Å². The molecule has 1 rings (SSSR count). The van der Waals surface area contributed by atoms with Crippen LogP contribution in [0.5, 0.6) is 0 Å². The molecular formula is C15H30N2O2. The zero-order chi connectivity index (χ0) is 14.1. The Labute approximate surface area is 117 Å². The van der Waals surface area contributed by atoms with Gasteiger partial charge in [-0.15, -0.1) is 0 Å². The minimum Gasteiger partial charge on any atom is -0.480 e. The van der Waals surface area contributed by atoms with Crippen molar-refractivity contribution in [2.45, 2.75) is 63.8 Å². The van der Waals surface area contributed by atoms with Gasteiger partial charge in [0.15, 0.2) is 0 Å². The number of carboxylic acids is 1. The van der Waals surface area contributed by atoms with E-state index in [0.29, 0.717) is 6.42 Å². The molecule has 19 heavy (non-hydrogen) atoms. The Balaban J connectivity index is 2.20. The van der Waals surface area contributed by atoms with Crippen LogP contribution in [0.15, 0.2) is 0 Å². The smallest absolute Gasteiger partial charge is 0.323 e. The lowest BCUT2D eigenvalue weighted by atomic mass is 9.95. The highest BCUT2D eigenvalue weighted by atomic mass is 16.4. The number of nitrogens with zero attached hydrogens (tertiary/aromatic N) is 1. The predicted molar refractivity (Wildman–Crippen MR) is 78.5 cm³/mol. The molecule has 1 heterocycles. The third-order valence-electron chi connectivity index (χ3n) is 4.37. The number of likely N-dealkylation sites (N-methyl/N-ethyl adjacent to an activating group) is 1. The first kappa shape index (κ1) is 16.4. The fourth-order valence-corrected chi connectivity index (χ4v) is 2.69. The van der Waals surface area contributed by atoms with Gasteiger partial charge in [-0.2, -0.15) is 0 Å². The molecule has 1 saturated heterocycles. The quantitative estimate of drug-likeness (QED) is 0.698. The molecule has 0 bridgehead atoms. The highest BCUT2D eigenvalue weighted by Gasteiger charge is 2.30. The summed E-state index contributed by atoms with van der Waals surface area (Å²) >= 11 is 0. The van der Waals surface area contributed by atoms with Crippen molar-refractivity contribution in [3.05, 3.63) is 0 Å². The minimum atomic E-state index is -0.768. The third kappa shape index (κ3) is 5.91. The summed E-state index contributed by atoms with van der Waals surface area (Å²) in [5.41, 5.74) is -0.768. The predicted octanol–water partition coefficient (Wildman–Crippen LogP) is 2.49. The Kier molecular flexibility index (Phi) is 7.39. The van der Waals surface area contributed by atoms with Crippen LogP contribution in [0.25, 0.3) is 0 Å². The van der Waals surface area contributed by atoms with E-state index in [1.54, 1.807) is 14.0 Å². The summed E-state index contributed by atoms with van der Waals surface area (Å²) in [6.07, 6.45) is 9.55. The lowest BCUT2D eigenvalue weighted by molar-refractivity contribution is -0.144. The van der Waals surface area contributed by atoms with Crippen LogP contribution >= 0.6 is 0 Å². The zero-order valence-corrected chi connectivity index (χ0v) is 12.6. The fraction of sp³-hybridized carbons (Fsp3) is 0.933. The number of carboxylic acid groups (broad SMARTS) is 1. The van der Waals surface area contributed by atoms with Gasteiger partial charge in [-0.1, -0.05) is 19.3 Å². The SMILES string of the molecule is CNC(C)(CCCCN1CCCCCCC1)C(=O)O. The van der Waals surface area contributed by atoms with Gasteiger partial charge in [-0.25, -0.2) is 0 Å². The number of hydrogen-bond acceptors (Lipinski definition) is 3. The Bertz CT molecular complexity index is 263. The van der Waals surface area contributed by atoms with Gasteiger partial charge in [-0.05, 0) is 65.7 Å². The van der Waals surface area contributed by atoms with E-state index >= 15 is 0 Å². The van der Waals surface area contributed by atoms with E-state index in [4.69, 9.17) is 0 Å². The molecule has 1 aliphatic rings. The molecule has 0 saturated carbocycles. The number of rotatable bonds is 7. The molecule has 0 aromatic heterocycles. The van der Waals surface area contributed by atoms with Crippen LogP contribution in [-0.2, 0) is 4.79 Å². The third-order valence-corrected chi connectivity index (χ3v) is 4.37. The molecule has 0 spiro atoms. The molecule has 0 aromatic rings. The maximum absolute atomic E-state index is 11.2. The van der Waals surface area contributed by atoms with Gasteiger partial charge in [0, 0.05) is 0 Å². The van der Waals surface area contributed by atoms with E-state index in [1.807, 2.05) is 0 Å². The number of aliphatic carboxylic acids is 1. The largest absolute Gasteiger partial charge is 0.480 e. The summed E-state index contributed by atoms with van der Waals surface area (Å²) in [4.78, 5) is 13.7. The lowest BCUT2D eigenvalue weighted by Gasteiger charge is -2.26. The Morgan fingerprint density at radius 1 is 1.16 bits per heavy atom. The van der Waals surface area contributed by atoms with Crippen LogP contribution in [0.1, 0.15) is 58.3 Å². The van der Waals surface area contributed by atoms with E-state index in [2.05, 4.69) is 10.2 Å². The van der Waals surface area contributed by atoms with Gasteiger partial charge in [0.1, 0.15) is 5.54 Å². The number of unbranched alkanes of at least 4 members (excludes halogenated alkanes) is 1. The van der Waals surface area contributed by atoms with Crippen molar-refractivity contribution in [3.63, 3.8) is 0 Å². The Morgan fingerprint density at radius 3 is 2.26 bits per heavy atom.